The van der Waals surface area contributed by atoms with Crippen molar-refractivity contribution in [2.24, 2.45) is 16.8 Å². The Balaban J connectivity index is 1.38. The predicted octanol–water partition coefficient (Wildman–Crippen LogP) is 5.92. The van der Waals surface area contributed by atoms with Gasteiger partial charge in [-0.25, -0.2) is 0 Å². The number of phenols is 1. The molecule has 1 aromatic rings. The minimum absolute atomic E-state index is 0.0757. The Bertz CT molecular complexity index is 1030. The first-order valence-corrected chi connectivity index (χ1v) is 13.8. The lowest BCUT2D eigenvalue weighted by atomic mass is 9.85. The first kappa shape index (κ1) is 26.5. The smallest absolute Gasteiger partial charge is 0.172 e. The lowest BCUT2D eigenvalue weighted by molar-refractivity contribution is -0.121. The molecule has 3 aliphatic rings. The number of piperidine rings is 1. The topological polar surface area (TPSA) is 82.4 Å². The van der Waals surface area contributed by atoms with Gasteiger partial charge in [-0.05, 0) is 55.4 Å². The van der Waals surface area contributed by atoms with Crippen LogP contribution in [0.4, 0.5) is 0 Å². The number of aliphatic hydroxyl groups is 1. The molecule has 196 valence electrons. The van der Waals surface area contributed by atoms with Crippen LogP contribution in [0.15, 0.2) is 46.7 Å². The highest BCUT2D eigenvalue weighted by Gasteiger charge is 2.41. The highest BCUT2D eigenvalue weighted by atomic mass is 16.5. The third kappa shape index (κ3) is 6.39. The number of aromatic hydroxyl groups is 1. The van der Waals surface area contributed by atoms with Crippen LogP contribution in [-0.4, -0.2) is 45.5 Å². The van der Waals surface area contributed by atoms with Gasteiger partial charge in [-0.15, -0.1) is 0 Å². The summed E-state index contributed by atoms with van der Waals surface area (Å²) >= 11 is 0. The Morgan fingerprint density at radius 3 is 2.86 bits per heavy atom. The van der Waals surface area contributed by atoms with E-state index in [9.17, 15) is 15.0 Å². The number of ketones is 1. The van der Waals surface area contributed by atoms with Gasteiger partial charge in [-0.3, -0.25) is 9.79 Å². The summed E-state index contributed by atoms with van der Waals surface area (Å²) in [5.74, 6) is 1.78. The summed E-state index contributed by atoms with van der Waals surface area (Å²) in [5.41, 5.74) is 4.66. The number of nitrogens with zero attached hydrogens (tertiary/aromatic N) is 2. The van der Waals surface area contributed by atoms with Crippen molar-refractivity contribution in [1.29, 1.82) is 0 Å². The van der Waals surface area contributed by atoms with E-state index in [0.717, 1.165) is 56.3 Å². The molecule has 3 atom stereocenters. The monoisotopic (exact) mass is 494 g/mol. The molecule has 0 spiro atoms. The largest absolute Gasteiger partial charge is 0.504 e. The summed E-state index contributed by atoms with van der Waals surface area (Å²) in [6, 6.07) is 5.37. The van der Waals surface area contributed by atoms with Crippen LogP contribution in [-0.2, 0) is 11.2 Å². The molecule has 4 rings (SSSR count). The van der Waals surface area contributed by atoms with E-state index < -0.39 is 6.10 Å². The molecule has 1 fully saturated rings. The van der Waals surface area contributed by atoms with Crippen molar-refractivity contribution in [1.82, 2.24) is 4.90 Å². The summed E-state index contributed by atoms with van der Waals surface area (Å²) in [6.07, 6.45) is 11.4. The first-order valence-electron chi connectivity index (χ1n) is 13.8. The number of hydrogen-bond donors (Lipinski definition) is 2. The molecule has 6 heteroatoms. The first-order chi connectivity index (χ1) is 17.4. The molecule has 0 saturated carbocycles. The highest BCUT2D eigenvalue weighted by Crippen LogP contribution is 2.43. The molecule has 3 heterocycles. The van der Waals surface area contributed by atoms with Crippen LogP contribution < -0.4 is 4.74 Å². The Hall–Kier alpha value is -2.60. The molecule has 6 nitrogen and oxygen atoms in total. The highest BCUT2D eigenvalue weighted by molar-refractivity contribution is 6.09. The number of aryl methyl sites for hydroxylation is 1. The predicted molar refractivity (Wildman–Crippen MR) is 143 cm³/mol. The fourth-order valence-corrected chi connectivity index (χ4v) is 5.73. The number of phenolic OH excluding ortho intramolecular Hbond substituents is 1. The summed E-state index contributed by atoms with van der Waals surface area (Å²) in [6.45, 7) is 7.41. The van der Waals surface area contributed by atoms with Crippen LogP contribution in [0, 0.1) is 11.8 Å². The van der Waals surface area contributed by atoms with Crippen LogP contribution in [0.1, 0.15) is 84.1 Å². The minimum Gasteiger partial charge on any atom is -0.504 e. The van der Waals surface area contributed by atoms with Gasteiger partial charge in [0.15, 0.2) is 17.7 Å². The summed E-state index contributed by atoms with van der Waals surface area (Å²) in [5, 5.41) is 20.7. The van der Waals surface area contributed by atoms with Gasteiger partial charge < -0.3 is 19.8 Å². The average Bonchev–Trinajstić information content (AvgIpc) is 3.43. The lowest BCUT2D eigenvalue weighted by Crippen LogP contribution is -2.44. The van der Waals surface area contributed by atoms with Crippen molar-refractivity contribution in [3.8, 4) is 11.5 Å². The summed E-state index contributed by atoms with van der Waals surface area (Å²) < 4.78 is 6.42. The van der Waals surface area contributed by atoms with Crippen LogP contribution in [0.3, 0.4) is 0 Å². The number of carbonyl (C=O) groups is 1. The van der Waals surface area contributed by atoms with Gasteiger partial charge in [-0.2, -0.15) is 0 Å². The van der Waals surface area contributed by atoms with Crippen molar-refractivity contribution in [3.05, 3.63) is 47.3 Å². The fraction of sp³-hybridized carbons (Fsp3) is 0.600. The maximum Gasteiger partial charge on any atom is 0.172 e. The summed E-state index contributed by atoms with van der Waals surface area (Å²) in [7, 11) is 0. The zero-order valence-corrected chi connectivity index (χ0v) is 22.1. The Morgan fingerprint density at radius 1 is 1.25 bits per heavy atom. The molecular weight excluding hydrogens is 452 g/mol. The number of benzene rings is 1. The maximum absolute atomic E-state index is 12.4. The van der Waals surface area contributed by atoms with Gasteiger partial charge in [0.1, 0.15) is 5.78 Å². The second kappa shape index (κ2) is 12.1. The zero-order valence-electron chi connectivity index (χ0n) is 22.1. The number of fused-ring (bicyclic) bond motifs is 2. The number of allylic oxidation sites excluding steroid dienone is 2. The van der Waals surface area contributed by atoms with Crippen molar-refractivity contribution in [3.63, 3.8) is 0 Å². The fourth-order valence-electron chi connectivity index (χ4n) is 5.73. The molecule has 36 heavy (non-hydrogen) atoms. The maximum atomic E-state index is 12.4. The van der Waals surface area contributed by atoms with Crippen molar-refractivity contribution in [2.75, 3.05) is 6.54 Å². The number of Topliss-reactive ketones (excluding diaryl/α,β-unsaturated/α-hetero) is 1. The van der Waals surface area contributed by atoms with Gasteiger partial charge >= 0.3 is 0 Å². The standard InChI is InChI=1S/C30H42N2O4/c1-4-5-6-7-23(33)18-24(34)11-8-21-9-12-27(35)28(17-21)36-29-13-10-22(16-20(2)3)30-25-14-15-31-26(25)19-32(29)30/h9,12,14-15,17,20,22-23,29,33,35H,4-8,10-11,13,16,18-19H2,1-3H3. The Kier molecular flexibility index (Phi) is 8.89. The number of aliphatic hydroxyl groups excluding tert-OH is 1. The Morgan fingerprint density at radius 2 is 2.08 bits per heavy atom. The van der Waals surface area contributed by atoms with E-state index in [2.05, 4.69) is 36.7 Å². The van der Waals surface area contributed by atoms with Gasteiger partial charge in [-0.1, -0.05) is 46.1 Å². The SMILES string of the molecule is CCCCCC(O)CC(=O)CCc1ccc(O)c(OC2CCC(CC(C)C)C3=C4C=CN=C4CN32)c1. The van der Waals surface area contributed by atoms with Crippen molar-refractivity contribution < 1.29 is 19.7 Å². The third-order valence-corrected chi connectivity index (χ3v) is 7.52. The molecule has 2 N–H and O–H groups in total. The molecule has 0 aliphatic carbocycles. The average molecular weight is 495 g/mol. The normalized spacial score (nSPS) is 21.6. The van der Waals surface area contributed by atoms with E-state index in [-0.39, 0.29) is 24.2 Å². The molecule has 1 saturated heterocycles. The summed E-state index contributed by atoms with van der Waals surface area (Å²) in [4.78, 5) is 19.3. The second-order valence-electron chi connectivity index (χ2n) is 11.0. The van der Waals surface area contributed by atoms with E-state index in [1.165, 1.54) is 11.3 Å². The van der Waals surface area contributed by atoms with Crippen molar-refractivity contribution >= 4 is 11.5 Å². The van der Waals surface area contributed by atoms with E-state index in [1.54, 1.807) is 6.07 Å². The molecule has 0 bridgehead atoms. The van der Waals surface area contributed by atoms with E-state index in [0.29, 0.717) is 36.8 Å². The molecule has 3 unspecified atom stereocenters. The molecule has 3 aliphatic heterocycles. The van der Waals surface area contributed by atoms with Crippen LogP contribution in [0.2, 0.25) is 0 Å². The molecule has 0 radical (unpaired) electrons. The van der Waals surface area contributed by atoms with Gasteiger partial charge in [0.05, 0.1) is 18.4 Å². The van der Waals surface area contributed by atoms with E-state index >= 15 is 0 Å². The molecular formula is C30H42N2O4. The number of carbonyl (C=O) groups excluding carboxylic acids is 1. The molecule has 1 aromatic carbocycles. The zero-order chi connectivity index (χ0) is 25.7. The quantitative estimate of drug-likeness (QED) is 0.333. The number of hydrogen-bond acceptors (Lipinski definition) is 6. The second-order valence-corrected chi connectivity index (χ2v) is 11.0. The van der Waals surface area contributed by atoms with Crippen molar-refractivity contribution in [2.45, 2.75) is 97.3 Å². The Labute approximate surface area is 215 Å². The molecule has 0 aromatic heterocycles. The third-order valence-electron chi connectivity index (χ3n) is 7.52. The van der Waals surface area contributed by atoms with E-state index in [1.807, 2.05) is 18.3 Å². The number of unbranched alkanes of at least 4 members (excludes halogenated alkanes) is 2. The van der Waals surface area contributed by atoms with Crippen LogP contribution in [0.5, 0.6) is 11.5 Å². The van der Waals surface area contributed by atoms with Crippen LogP contribution in [0.25, 0.3) is 0 Å². The van der Waals surface area contributed by atoms with Crippen LogP contribution >= 0.6 is 0 Å². The van der Waals surface area contributed by atoms with Gasteiger partial charge in [0, 0.05) is 42.7 Å². The number of ether oxygens (including phenoxy) is 1. The molecule has 0 amide bonds. The number of aliphatic imine (C=N–C) groups is 1. The van der Waals surface area contributed by atoms with Gasteiger partial charge in [0.2, 0.25) is 0 Å². The minimum atomic E-state index is -0.545. The number of rotatable bonds is 13. The lowest BCUT2D eigenvalue weighted by Gasteiger charge is -2.41. The van der Waals surface area contributed by atoms with E-state index in [4.69, 9.17) is 4.74 Å². The van der Waals surface area contributed by atoms with Gasteiger partial charge in [0.25, 0.3) is 0 Å².